The van der Waals surface area contributed by atoms with Crippen molar-refractivity contribution in [3.63, 3.8) is 0 Å². The lowest BCUT2D eigenvalue weighted by molar-refractivity contribution is 0.287. The number of hydrogen-bond donors (Lipinski definition) is 2. The fourth-order valence-electron chi connectivity index (χ4n) is 1.43. The van der Waals surface area contributed by atoms with Crippen LogP contribution in [0.4, 0.5) is 0 Å². The topological polar surface area (TPSA) is 47.3 Å². The molecule has 1 aliphatic rings. The van der Waals surface area contributed by atoms with Crippen molar-refractivity contribution in [3.8, 4) is 0 Å². The van der Waals surface area contributed by atoms with E-state index in [4.69, 9.17) is 10.5 Å². The Balaban J connectivity index is 2.27. The molecule has 0 radical (unpaired) electrons. The lowest BCUT2D eigenvalue weighted by atomic mass is 10.1. The fourth-order valence-corrected chi connectivity index (χ4v) is 1.43. The third-order valence-corrected chi connectivity index (χ3v) is 2.09. The average molecular weight is 156 g/mol. The van der Waals surface area contributed by atoms with E-state index in [1.54, 1.807) is 0 Å². The molecule has 0 aromatic rings. The van der Waals surface area contributed by atoms with Gasteiger partial charge in [0.05, 0.1) is 12.4 Å². The van der Waals surface area contributed by atoms with E-state index < -0.39 is 0 Å². The quantitative estimate of drug-likeness (QED) is 0.459. The van der Waals surface area contributed by atoms with Gasteiger partial charge in [0.15, 0.2) is 0 Å². The number of amidine groups is 1. The molecule has 1 saturated heterocycles. The van der Waals surface area contributed by atoms with Gasteiger partial charge in [-0.1, -0.05) is 0 Å². The largest absolute Gasteiger partial charge is 0.396 e. The number of hydrogen-bond acceptors (Lipinski definition) is 2. The summed E-state index contributed by atoms with van der Waals surface area (Å²) in [6.07, 6.45) is 4.21. The lowest BCUT2D eigenvalue weighted by Crippen LogP contribution is -2.35. The summed E-state index contributed by atoms with van der Waals surface area (Å²) < 4.78 is 0. The van der Waals surface area contributed by atoms with Crippen LogP contribution in [0.3, 0.4) is 0 Å². The molecule has 3 nitrogen and oxygen atoms in total. The number of likely N-dealkylation sites (tertiary alicyclic amines) is 1. The molecular formula is C8H16N2O. The van der Waals surface area contributed by atoms with Crippen LogP contribution in [0.1, 0.15) is 25.7 Å². The maximum absolute atomic E-state index is 8.60. The highest BCUT2D eigenvalue weighted by atomic mass is 16.3. The Kier molecular flexibility index (Phi) is 3.36. The van der Waals surface area contributed by atoms with Gasteiger partial charge in [0.25, 0.3) is 0 Å². The Morgan fingerprint density at radius 2 is 1.91 bits per heavy atom. The van der Waals surface area contributed by atoms with Crippen molar-refractivity contribution >= 4 is 5.84 Å². The molecule has 1 rings (SSSR count). The predicted molar refractivity (Wildman–Crippen MR) is 44.9 cm³/mol. The molecular weight excluding hydrogens is 140 g/mol. The average Bonchev–Trinajstić information content (AvgIpc) is 2.07. The van der Waals surface area contributed by atoms with Gasteiger partial charge in [0.2, 0.25) is 0 Å². The highest BCUT2D eigenvalue weighted by molar-refractivity contribution is 5.79. The van der Waals surface area contributed by atoms with Crippen LogP contribution < -0.4 is 0 Å². The minimum Gasteiger partial charge on any atom is -0.396 e. The highest BCUT2D eigenvalue weighted by Crippen LogP contribution is 2.09. The standard InChI is InChI=1S/C8H16N2O/c9-8(4-7-11)10-5-2-1-3-6-10/h9,11H,1-7H2. The molecule has 0 atom stereocenters. The number of nitrogens with zero attached hydrogens (tertiary/aromatic N) is 1. The number of piperidine rings is 1. The van der Waals surface area contributed by atoms with Crippen LogP contribution in [0.15, 0.2) is 0 Å². The van der Waals surface area contributed by atoms with E-state index in [9.17, 15) is 0 Å². The van der Waals surface area contributed by atoms with E-state index in [-0.39, 0.29) is 6.61 Å². The van der Waals surface area contributed by atoms with E-state index >= 15 is 0 Å². The molecule has 0 saturated carbocycles. The Morgan fingerprint density at radius 3 is 2.45 bits per heavy atom. The molecule has 0 aliphatic carbocycles. The van der Waals surface area contributed by atoms with Gasteiger partial charge in [-0.05, 0) is 19.3 Å². The van der Waals surface area contributed by atoms with Crippen molar-refractivity contribution in [2.75, 3.05) is 19.7 Å². The van der Waals surface area contributed by atoms with Gasteiger partial charge >= 0.3 is 0 Å². The molecule has 0 bridgehead atoms. The van der Waals surface area contributed by atoms with Gasteiger partial charge < -0.3 is 10.0 Å². The minimum atomic E-state index is 0.106. The van der Waals surface area contributed by atoms with Gasteiger partial charge in [-0.2, -0.15) is 0 Å². The molecule has 1 heterocycles. The van der Waals surface area contributed by atoms with E-state index in [0.717, 1.165) is 13.1 Å². The SMILES string of the molecule is N=C(CCO)N1CCCCC1. The van der Waals surface area contributed by atoms with Crippen LogP contribution in [-0.4, -0.2) is 35.5 Å². The van der Waals surface area contributed by atoms with Crippen molar-refractivity contribution in [2.45, 2.75) is 25.7 Å². The maximum atomic E-state index is 8.60. The van der Waals surface area contributed by atoms with E-state index in [2.05, 4.69) is 4.90 Å². The Hall–Kier alpha value is -0.570. The van der Waals surface area contributed by atoms with Crippen LogP contribution in [0, 0.1) is 5.41 Å². The Bertz CT molecular complexity index is 130. The van der Waals surface area contributed by atoms with Crippen LogP contribution in [0.2, 0.25) is 0 Å². The maximum Gasteiger partial charge on any atom is 0.0980 e. The first-order valence-electron chi connectivity index (χ1n) is 4.28. The summed E-state index contributed by atoms with van der Waals surface area (Å²) in [6, 6.07) is 0. The number of aliphatic hydroxyl groups excluding tert-OH is 1. The second kappa shape index (κ2) is 4.34. The zero-order valence-corrected chi connectivity index (χ0v) is 6.84. The van der Waals surface area contributed by atoms with Crippen molar-refractivity contribution in [1.29, 1.82) is 5.41 Å². The summed E-state index contributed by atoms with van der Waals surface area (Å²) in [5, 5.41) is 16.1. The van der Waals surface area contributed by atoms with Gasteiger partial charge in [-0.25, -0.2) is 0 Å². The molecule has 64 valence electrons. The van der Waals surface area contributed by atoms with Crippen LogP contribution in [0.5, 0.6) is 0 Å². The summed E-state index contributed by atoms with van der Waals surface area (Å²) in [5.41, 5.74) is 0. The predicted octanol–water partition coefficient (Wildman–Crippen LogP) is 0.832. The van der Waals surface area contributed by atoms with Gasteiger partial charge in [-0.3, -0.25) is 5.41 Å². The molecule has 0 aromatic carbocycles. The summed E-state index contributed by atoms with van der Waals surface area (Å²) in [6.45, 7) is 2.13. The number of rotatable bonds is 2. The molecule has 3 heteroatoms. The molecule has 0 amide bonds. The van der Waals surface area contributed by atoms with Crippen LogP contribution in [-0.2, 0) is 0 Å². The zero-order chi connectivity index (χ0) is 8.10. The monoisotopic (exact) mass is 156 g/mol. The molecule has 2 N–H and O–H groups in total. The molecule has 1 aliphatic heterocycles. The van der Waals surface area contributed by atoms with Gasteiger partial charge in [0.1, 0.15) is 0 Å². The third kappa shape index (κ3) is 2.50. The molecule has 0 spiro atoms. The first-order valence-corrected chi connectivity index (χ1v) is 4.28. The lowest BCUT2D eigenvalue weighted by Gasteiger charge is -2.28. The van der Waals surface area contributed by atoms with Crippen molar-refractivity contribution < 1.29 is 5.11 Å². The number of nitrogens with one attached hydrogen (secondary N) is 1. The second-order valence-corrected chi connectivity index (χ2v) is 2.97. The molecule has 1 fully saturated rings. The second-order valence-electron chi connectivity index (χ2n) is 2.97. The Morgan fingerprint density at radius 1 is 1.27 bits per heavy atom. The Labute approximate surface area is 67.5 Å². The van der Waals surface area contributed by atoms with Crippen molar-refractivity contribution in [3.05, 3.63) is 0 Å². The first-order chi connectivity index (χ1) is 5.34. The van der Waals surface area contributed by atoms with Crippen molar-refractivity contribution in [1.82, 2.24) is 4.90 Å². The number of aliphatic hydroxyl groups is 1. The van der Waals surface area contributed by atoms with Crippen molar-refractivity contribution in [2.24, 2.45) is 0 Å². The summed E-state index contributed by atoms with van der Waals surface area (Å²) >= 11 is 0. The fraction of sp³-hybridized carbons (Fsp3) is 0.875. The molecule has 0 aromatic heterocycles. The molecule has 11 heavy (non-hydrogen) atoms. The first kappa shape index (κ1) is 8.53. The smallest absolute Gasteiger partial charge is 0.0980 e. The normalized spacial score (nSPS) is 18.5. The highest BCUT2D eigenvalue weighted by Gasteiger charge is 2.11. The van der Waals surface area contributed by atoms with E-state index in [0.29, 0.717) is 12.3 Å². The molecule has 0 unspecified atom stereocenters. The van der Waals surface area contributed by atoms with E-state index in [1.807, 2.05) is 0 Å². The summed E-state index contributed by atoms with van der Waals surface area (Å²) in [7, 11) is 0. The van der Waals surface area contributed by atoms with Crippen LogP contribution >= 0.6 is 0 Å². The summed E-state index contributed by atoms with van der Waals surface area (Å²) in [4.78, 5) is 2.07. The third-order valence-electron chi connectivity index (χ3n) is 2.09. The summed E-state index contributed by atoms with van der Waals surface area (Å²) in [5.74, 6) is 0.604. The zero-order valence-electron chi connectivity index (χ0n) is 6.84. The van der Waals surface area contributed by atoms with E-state index in [1.165, 1.54) is 19.3 Å². The van der Waals surface area contributed by atoms with Gasteiger partial charge in [-0.15, -0.1) is 0 Å². The minimum absolute atomic E-state index is 0.106. The van der Waals surface area contributed by atoms with Crippen LogP contribution in [0.25, 0.3) is 0 Å². The van der Waals surface area contributed by atoms with Gasteiger partial charge in [0, 0.05) is 19.5 Å².